The minimum Gasteiger partial charge on any atom is -0.456 e. The first kappa shape index (κ1) is 26.2. The van der Waals surface area contributed by atoms with Crippen LogP contribution in [0.3, 0.4) is 0 Å². The van der Waals surface area contributed by atoms with Crippen LogP contribution < -0.4 is 0 Å². The molecule has 0 unspecified atom stereocenters. The number of rotatable bonds is 6. The maximum Gasteiger partial charge on any atom is 0.341 e. The SMILES string of the molecule is CC(C)(C)OC(=O)c1cc(-c2cc3c(C=O)c(-c4ccc(F)cc4)oc3cc2CS(C)(=O)=O)ccc1F. The number of esters is 1. The van der Waals surface area contributed by atoms with E-state index in [0.717, 1.165) is 12.3 Å². The molecule has 0 bridgehead atoms. The first-order valence-corrected chi connectivity index (χ1v) is 13.3. The standard InChI is InChI=1S/C28H24F2O6S/c1-28(2,3)36-27(32)22-11-17(7-10-24(22)30)20-13-21-23(14-31)26(16-5-8-19(29)9-6-16)35-25(21)12-18(20)15-37(4,33)34/h5-14H,15H2,1-4H3. The first-order valence-electron chi connectivity index (χ1n) is 11.3. The van der Waals surface area contributed by atoms with Crippen molar-refractivity contribution in [2.75, 3.05) is 6.26 Å². The van der Waals surface area contributed by atoms with Gasteiger partial charge < -0.3 is 9.15 Å². The van der Waals surface area contributed by atoms with E-state index in [1.54, 1.807) is 26.8 Å². The second-order valence-corrected chi connectivity index (χ2v) is 11.9. The van der Waals surface area contributed by atoms with E-state index in [1.165, 1.54) is 42.5 Å². The minimum absolute atomic E-state index is 0.184. The van der Waals surface area contributed by atoms with Gasteiger partial charge >= 0.3 is 5.97 Å². The molecule has 6 nitrogen and oxygen atoms in total. The molecule has 0 aliphatic heterocycles. The van der Waals surface area contributed by atoms with Crippen LogP contribution in [0.4, 0.5) is 8.78 Å². The van der Waals surface area contributed by atoms with Crippen LogP contribution in [0.2, 0.25) is 0 Å². The number of carbonyl (C=O) groups is 2. The van der Waals surface area contributed by atoms with Gasteiger partial charge in [-0.1, -0.05) is 6.07 Å². The molecule has 0 saturated heterocycles. The molecule has 1 heterocycles. The van der Waals surface area contributed by atoms with Crippen molar-refractivity contribution in [2.24, 2.45) is 0 Å². The number of fused-ring (bicyclic) bond motifs is 1. The van der Waals surface area contributed by atoms with E-state index >= 15 is 0 Å². The Morgan fingerprint density at radius 1 is 1.00 bits per heavy atom. The lowest BCUT2D eigenvalue weighted by atomic mass is 9.95. The summed E-state index contributed by atoms with van der Waals surface area (Å²) in [5, 5.41) is 0.379. The molecule has 37 heavy (non-hydrogen) atoms. The Balaban J connectivity index is 1.95. The Bertz CT molecular complexity index is 1630. The van der Waals surface area contributed by atoms with Gasteiger partial charge in [0.1, 0.15) is 28.6 Å². The van der Waals surface area contributed by atoms with Crippen LogP contribution in [-0.4, -0.2) is 32.5 Å². The van der Waals surface area contributed by atoms with Crippen molar-refractivity contribution < 1.29 is 35.9 Å². The highest BCUT2D eigenvalue weighted by Gasteiger charge is 2.24. The fourth-order valence-electron chi connectivity index (χ4n) is 3.99. The van der Waals surface area contributed by atoms with Gasteiger partial charge in [0.25, 0.3) is 0 Å². The molecule has 0 spiro atoms. The number of benzene rings is 3. The summed E-state index contributed by atoms with van der Waals surface area (Å²) in [6.07, 6.45) is 1.67. The van der Waals surface area contributed by atoms with Crippen LogP contribution in [0.5, 0.6) is 0 Å². The molecule has 192 valence electrons. The normalized spacial score (nSPS) is 12.1. The first-order chi connectivity index (χ1) is 17.3. The second kappa shape index (κ2) is 9.55. The molecule has 0 amide bonds. The molecule has 0 atom stereocenters. The number of halogens is 2. The van der Waals surface area contributed by atoms with Crippen LogP contribution >= 0.6 is 0 Å². The summed E-state index contributed by atoms with van der Waals surface area (Å²) in [5.74, 6) is -2.30. The number of hydrogen-bond acceptors (Lipinski definition) is 6. The molecular weight excluding hydrogens is 502 g/mol. The summed E-state index contributed by atoms with van der Waals surface area (Å²) in [6, 6.07) is 12.3. The van der Waals surface area contributed by atoms with E-state index in [2.05, 4.69) is 0 Å². The molecule has 0 aliphatic rings. The van der Waals surface area contributed by atoms with E-state index in [0.29, 0.717) is 33.9 Å². The lowest BCUT2D eigenvalue weighted by molar-refractivity contribution is 0.00646. The monoisotopic (exact) mass is 526 g/mol. The number of furan rings is 1. The molecule has 0 fully saturated rings. The lowest BCUT2D eigenvalue weighted by Crippen LogP contribution is -2.24. The molecule has 4 aromatic rings. The lowest BCUT2D eigenvalue weighted by Gasteiger charge is -2.20. The van der Waals surface area contributed by atoms with Crippen molar-refractivity contribution >= 4 is 33.1 Å². The Hall–Kier alpha value is -3.85. The van der Waals surface area contributed by atoms with Crippen molar-refractivity contribution in [1.82, 2.24) is 0 Å². The van der Waals surface area contributed by atoms with Crippen LogP contribution in [0.1, 0.15) is 47.1 Å². The summed E-state index contributed by atoms with van der Waals surface area (Å²) in [4.78, 5) is 24.7. The van der Waals surface area contributed by atoms with Crippen LogP contribution in [0.15, 0.2) is 59.0 Å². The van der Waals surface area contributed by atoms with Crippen LogP contribution in [0, 0.1) is 11.6 Å². The maximum absolute atomic E-state index is 14.6. The smallest absolute Gasteiger partial charge is 0.341 e. The van der Waals surface area contributed by atoms with E-state index in [1.807, 2.05) is 0 Å². The third-order valence-electron chi connectivity index (χ3n) is 5.49. The molecule has 0 saturated carbocycles. The highest BCUT2D eigenvalue weighted by Crippen LogP contribution is 2.38. The molecule has 1 aromatic heterocycles. The van der Waals surface area contributed by atoms with Gasteiger partial charge in [0.2, 0.25) is 0 Å². The van der Waals surface area contributed by atoms with Crippen LogP contribution in [0.25, 0.3) is 33.4 Å². The average molecular weight is 527 g/mol. The number of hydrogen-bond donors (Lipinski definition) is 0. The van der Waals surface area contributed by atoms with E-state index < -0.39 is 33.0 Å². The molecule has 0 N–H and O–H groups in total. The highest BCUT2D eigenvalue weighted by molar-refractivity contribution is 7.89. The summed E-state index contributed by atoms with van der Waals surface area (Å²) >= 11 is 0. The average Bonchev–Trinajstić information content (AvgIpc) is 3.14. The largest absolute Gasteiger partial charge is 0.456 e. The van der Waals surface area contributed by atoms with Crippen molar-refractivity contribution in [3.8, 4) is 22.5 Å². The predicted molar refractivity (Wildman–Crippen MR) is 136 cm³/mol. The zero-order chi connectivity index (χ0) is 27.1. The van der Waals surface area contributed by atoms with Crippen molar-refractivity contribution in [2.45, 2.75) is 32.1 Å². The second-order valence-electron chi connectivity index (χ2n) is 9.74. The van der Waals surface area contributed by atoms with Gasteiger partial charge in [-0.25, -0.2) is 22.0 Å². The minimum atomic E-state index is -3.52. The molecule has 0 radical (unpaired) electrons. The van der Waals surface area contributed by atoms with Crippen molar-refractivity contribution in [3.05, 3.63) is 82.9 Å². The zero-order valence-electron chi connectivity index (χ0n) is 20.6. The fraction of sp³-hybridized carbons (Fsp3) is 0.214. The van der Waals surface area contributed by atoms with Gasteiger partial charge in [-0.05, 0) is 86.0 Å². The van der Waals surface area contributed by atoms with Gasteiger partial charge in [-0.15, -0.1) is 0 Å². The summed E-state index contributed by atoms with van der Waals surface area (Å²) in [7, 11) is -3.52. The Morgan fingerprint density at radius 3 is 2.24 bits per heavy atom. The Labute approximate surface area is 212 Å². The third kappa shape index (κ3) is 5.77. The number of ether oxygens (including phenoxy) is 1. The Kier molecular flexibility index (Phi) is 6.77. The van der Waals surface area contributed by atoms with Crippen molar-refractivity contribution in [3.63, 3.8) is 0 Å². The van der Waals surface area contributed by atoms with E-state index in [-0.39, 0.29) is 28.2 Å². The summed E-state index contributed by atoms with van der Waals surface area (Å²) in [6.45, 7) is 4.97. The number of carbonyl (C=O) groups excluding carboxylic acids is 2. The number of aldehydes is 1. The summed E-state index contributed by atoms with van der Waals surface area (Å²) in [5.41, 5.74) is 0.774. The third-order valence-corrected chi connectivity index (χ3v) is 6.33. The van der Waals surface area contributed by atoms with E-state index in [4.69, 9.17) is 9.15 Å². The molecule has 0 aliphatic carbocycles. The van der Waals surface area contributed by atoms with Crippen LogP contribution in [-0.2, 0) is 20.3 Å². The quantitative estimate of drug-likeness (QED) is 0.215. The molecule has 3 aromatic carbocycles. The van der Waals surface area contributed by atoms with Gasteiger partial charge in [-0.2, -0.15) is 0 Å². The van der Waals surface area contributed by atoms with Gasteiger partial charge in [0.15, 0.2) is 16.1 Å². The van der Waals surface area contributed by atoms with Gasteiger partial charge in [0.05, 0.1) is 16.9 Å². The fourth-order valence-corrected chi connectivity index (χ4v) is 4.79. The topological polar surface area (TPSA) is 90.7 Å². The maximum atomic E-state index is 14.6. The molecule has 9 heteroatoms. The van der Waals surface area contributed by atoms with E-state index in [9.17, 15) is 26.8 Å². The van der Waals surface area contributed by atoms with Crippen molar-refractivity contribution in [1.29, 1.82) is 0 Å². The molecule has 4 rings (SSSR count). The van der Waals surface area contributed by atoms with Gasteiger partial charge in [-0.3, -0.25) is 4.79 Å². The summed E-state index contributed by atoms with van der Waals surface area (Å²) < 4.78 is 63.7. The number of sulfone groups is 1. The molecular formula is C28H24F2O6S. The van der Waals surface area contributed by atoms with Gasteiger partial charge in [0, 0.05) is 17.2 Å². The Morgan fingerprint density at radius 2 is 1.65 bits per heavy atom. The zero-order valence-corrected chi connectivity index (χ0v) is 21.4. The highest BCUT2D eigenvalue weighted by atomic mass is 32.2. The predicted octanol–water partition coefficient (Wildman–Crippen LogP) is 6.36.